The van der Waals surface area contributed by atoms with E-state index >= 15 is 0 Å². The van der Waals surface area contributed by atoms with E-state index in [4.69, 9.17) is 4.52 Å². The highest BCUT2D eigenvalue weighted by Crippen LogP contribution is 2.14. The van der Waals surface area contributed by atoms with Gasteiger partial charge < -0.3 is 9.84 Å². The Morgan fingerprint density at radius 1 is 1.62 bits per heavy atom. The van der Waals surface area contributed by atoms with Gasteiger partial charge in [-0.05, 0) is 20.8 Å². The molecular weight excluding hydrogens is 204 g/mol. The van der Waals surface area contributed by atoms with Crippen LogP contribution >= 0.6 is 0 Å². The summed E-state index contributed by atoms with van der Waals surface area (Å²) in [6, 6.07) is 0.569. The molecule has 0 bridgehead atoms. The van der Waals surface area contributed by atoms with Crippen molar-refractivity contribution in [3.8, 4) is 0 Å². The lowest BCUT2D eigenvalue weighted by atomic mass is 9.99. The van der Waals surface area contributed by atoms with E-state index in [1.54, 1.807) is 0 Å². The highest BCUT2D eigenvalue weighted by Gasteiger charge is 2.29. The van der Waals surface area contributed by atoms with E-state index in [0.29, 0.717) is 6.04 Å². The van der Waals surface area contributed by atoms with Crippen molar-refractivity contribution in [3.05, 3.63) is 12.2 Å². The Hall–Kier alpha value is -0.940. The summed E-state index contributed by atoms with van der Waals surface area (Å²) in [5, 5.41) is 7.37. The fourth-order valence-corrected chi connectivity index (χ4v) is 2.12. The highest BCUT2D eigenvalue weighted by atomic mass is 16.5. The van der Waals surface area contributed by atoms with Crippen LogP contribution in [-0.2, 0) is 6.42 Å². The summed E-state index contributed by atoms with van der Waals surface area (Å²) in [7, 11) is 0. The third kappa shape index (κ3) is 2.80. The first-order chi connectivity index (χ1) is 7.57. The van der Waals surface area contributed by atoms with Gasteiger partial charge in [-0.25, -0.2) is 0 Å². The number of hydrogen-bond acceptors (Lipinski definition) is 5. The molecule has 1 fully saturated rings. The maximum atomic E-state index is 4.73. The first-order valence-electron chi connectivity index (χ1n) is 5.81. The second-order valence-corrected chi connectivity index (χ2v) is 5.18. The number of nitrogens with one attached hydrogen (secondary N) is 1. The number of hydrogen-bond donors (Lipinski definition) is 1. The zero-order chi connectivity index (χ0) is 11.6. The van der Waals surface area contributed by atoms with Crippen molar-refractivity contribution >= 4 is 0 Å². The Bertz CT molecular complexity index is 323. The smallest absolute Gasteiger partial charge is 0.213 e. The van der Waals surface area contributed by atoms with Crippen LogP contribution in [0.2, 0.25) is 0 Å². The van der Waals surface area contributed by atoms with Gasteiger partial charge in [0.05, 0.1) is 0 Å². The molecule has 0 saturated carbocycles. The molecule has 90 valence electrons. The van der Waals surface area contributed by atoms with Crippen molar-refractivity contribution in [3.63, 3.8) is 0 Å². The zero-order valence-electron chi connectivity index (χ0n) is 10.2. The second kappa shape index (κ2) is 4.51. The number of piperazine rings is 1. The van der Waals surface area contributed by atoms with Crippen LogP contribution in [0.15, 0.2) is 10.9 Å². The average molecular weight is 224 g/mol. The average Bonchev–Trinajstić information content (AvgIpc) is 2.72. The standard InChI is InChI=1S/C11H20N4O/c1-9-6-13-11(2,3)7-15(9)5-4-10-12-8-16-14-10/h8-9,13H,4-7H2,1-3H3. The van der Waals surface area contributed by atoms with Crippen molar-refractivity contribution < 1.29 is 4.52 Å². The van der Waals surface area contributed by atoms with Gasteiger partial charge in [-0.15, -0.1) is 0 Å². The zero-order valence-corrected chi connectivity index (χ0v) is 10.2. The molecule has 5 heteroatoms. The van der Waals surface area contributed by atoms with E-state index in [1.807, 2.05) is 0 Å². The summed E-state index contributed by atoms with van der Waals surface area (Å²) in [6.07, 6.45) is 2.25. The molecule has 2 rings (SSSR count). The molecule has 0 amide bonds. The van der Waals surface area contributed by atoms with Crippen molar-refractivity contribution in [1.82, 2.24) is 20.4 Å². The van der Waals surface area contributed by atoms with Crippen LogP contribution in [0.3, 0.4) is 0 Å². The molecule has 0 aromatic carbocycles. The molecule has 1 atom stereocenters. The second-order valence-electron chi connectivity index (χ2n) is 5.18. The van der Waals surface area contributed by atoms with E-state index < -0.39 is 0 Å². The van der Waals surface area contributed by atoms with Gasteiger partial charge in [0.2, 0.25) is 6.39 Å². The Morgan fingerprint density at radius 2 is 2.44 bits per heavy atom. The molecule has 1 saturated heterocycles. The van der Waals surface area contributed by atoms with E-state index in [2.05, 4.69) is 41.1 Å². The lowest BCUT2D eigenvalue weighted by molar-refractivity contribution is 0.105. The first kappa shape index (κ1) is 11.5. The summed E-state index contributed by atoms with van der Waals surface area (Å²) >= 11 is 0. The van der Waals surface area contributed by atoms with Gasteiger partial charge in [-0.1, -0.05) is 5.16 Å². The summed E-state index contributed by atoms with van der Waals surface area (Å²) < 4.78 is 4.73. The van der Waals surface area contributed by atoms with Crippen LogP contribution in [0.1, 0.15) is 26.6 Å². The quantitative estimate of drug-likeness (QED) is 0.818. The SMILES string of the molecule is CC1CNC(C)(C)CN1CCc1ncon1. The Kier molecular flexibility index (Phi) is 3.25. The molecular formula is C11H20N4O. The molecule has 1 N–H and O–H groups in total. The van der Waals surface area contributed by atoms with Gasteiger partial charge in [0.1, 0.15) is 0 Å². The molecule has 0 spiro atoms. The summed E-state index contributed by atoms with van der Waals surface area (Å²) in [5.41, 5.74) is 0.198. The van der Waals surface area contributed by atoms with Gasteiger partial charge in [-0.3, -0.25) is 4.90 Å². The minimum Gasteiger partial charge on any atom is -0.343 e. The van der Waals surface area contributed by atoms with Crippen LogP contribution < -0.4 is 5.32 Å². The van der Waals surface area contributed by atoms with Gasteiger partial charge in [0.15, 0.2) is 5.82 Å². The molecule has 2 heterocycles. The predicted molar refractivity (Wildman–Crippen MR) is 61.1 cm³/mol. The molecule has 1 aliphatic rings. The van der Waals surface area contributed by atoms with E-state index in [-0.39, 0.29) is 5.54 Å². The largest absolute Gasteiger partial charge is 0.343 e. The molecule has 5 nitrogen and oxygen atoms in total. The van der Waals surface area contributed by atoms with E-state index in [0.717, 1.165) is 31.9 Å². The Labute approximate surface area is 96.2 Å². The van der Waals surface area contributed by atoms with Crippen molar-refractivity contribution in [2.45, 2.75) is 38.8 Å². The topological polar surface area (TPSA) is 54.2 Å². The van der Waals surface area contributed by atoms with Crippen LogP contribution in [0.25, 0.3) is 0 Å². The third-order valence-electron chi connectivity index (χ3n) is 3.13. The maximum absolute atomic E-state index is 4.73. The summed E-state index contributed by atoms with van der Waals surface area (Å²) in [4.78, 5) is 6.52. The number of rotatable bonds is 3. The van der Waals surface area contributed by atoms with Gasteiger partial charge in [0.25, 0.3) is 0 Å². The molecule has 1 unspecified atom stereocenters. The van der Waals surface area contributed by atoms with Crippen LogP contribution in [0, 0.1) is 0 Å². The molecule has 0 radical (unpaired) electrons. The minimum atomic E-state index is 0.198. The maximum Gasteiger partial charge on any atom is 0.213 e. The molecule has 1 aliphatic heterocycles. The highest BCUT2D eigenvalue weighted by molar-refractivity contribution is 4.92. The first-order valence-corrected chi connectivity index (χ1v) is 5.81. The van der Waals surface area contributed by atoms with E-state index in [1.165, 1.54) is 6.39 Å². The fraction of sp³-hybridized carbons (Fsp3) is 0.818. The lowest BCUT2D eigenvalue weighted by Gasteiger charge is -2.43. The van der Waals surface area contributed by atoms with E-state index in [9.17, 15) is 0 Å². The molecule has 16 heavy (non-hydrogen) atoms. The normalized spacial score (nSPS) is 25.8. The predicted octanol–water partition coefficient (Wildman–Crippen LogP) is 0.684. The minimum absolute atomic E-state index is 0.198. The Balaban J connectivity index is 1.88. The van der Waals surface area contributed by atoms with Crippen molar-refractivity contribution in [2.75, 3.05) is 19.6 Å². The van der Waals surface area contributed by atoms with Crippen LogP contribution in [-0.4, -0.2) is 46.3 Å². The molecule has 1 aromatic heterocycles. The third-order valence-corrected chi connectivity index (χ3v) is 3.13. The fourth-order valence-electron chi connectivity index (χ4n) is 2.12. The van der Waals surface area contributed by atoms with Crippen molar-refractivity contribution in [2.24, 2.45) is 0 Å². The molecule has 1 aromatic rings. The van der Waals surface area contributed by atoms with Crippen LogP contribution in [0.5, 0.6) is 0 Å². The Morgan fingerprint density at radius 3 is 3.12 bits per heavy atom. The monoisotopic (exact) mass is 224 g/mol. The lowest BCUT2D eigenvalue weighted by Crippen LogP contribution is -2.60. The van der Waals surface area contributed by atoms with Crippen molar-refractivity contribution in [1.29, 1.82) is 0 Å². The number of aromatic nitrogens is 2. The number of nitrogens with zero attached hydrogens (tertiary/aromatic N) is 3. The van der Waals surface area contributed by atoms with Gasteiger partial charge >= 0.3 is 0 Å². The summed E-state index contributed by atoms with van der Waals surface area (Å²) in [6.45, 7) is 9.82. The van der Waals surface area contributed by atoms with Gasteiger partial charge in [-0.2, -0.15) is 4.98 Å². The van der Waals surface area contributed by atoms with Gasteiger partial charge in [0, 0.05) is 37.6 Å². The van der Waals surface area contributed by atoms with Crippen LogP contribution in [0.4, 0.5) is 0 Å². The molecule has 0 aliphatic carbocycles. The summed E-state index contributed by atoms with van der Waals surface area (Å²) in [5.74, 6) is 0.795.